The Hall–Kier alpha value is -1.96. The summed E-state index contributed by atoms with van der Waals surface area (Å²) in [6, 6.07) is 5.58. The number of amides is 1. The number of piperidine rings is 1. The molecule has 1 aromatic rings. The van der Waals surface area contributed by atoms with E-state index in [2.05, 4.69) is 10.1 Å². The highest BCUT2D eigenvalue weighted by molar-refractivity contribution is 7.80. The van der Waals surface area contributed by atoms with Crippen molar-refractivity contribution in [1.82, 2.24) is 4.90 Å². The molecular formula is C14H17F2N3O2S. The maximum atomic E-state index is 12.1. The number of anilines is 1. The third kappa shape index (κ3) is 4.27. The molecule has 1 aromatic carbocycles. The fourth-order valence-electron chi connectivity index (χ4n) is 2.39. The van der Waals surface area contributed by atoms with E-state index in [1.807, 2.05) is 0 Å². The number of primary amides is 1. The van der Waals surface area contributed by atoms with Crippen molar-refractivity contribution in [1.29, 1.82) is 0 Å². The average Bonchev–Trinajstić information content (AvgIpc) is 2.48. The average molecular weight is 329 g/mol. The summed E-state index contributed by atoms with van der Waals surface area (Å²) in [5, 5.41) is 3.38. The number of carbonyl (C=O) groups is 1. The SMILES string of the molecule is NC(=O)C1CCCCN1C(=S)Nc1ccc(OC(F)F)cc1. The first-order valence-electron chi connectivity index (χ1n) is 6.89. The van der Waals surface area contributed by atoms with Crippen molar-refractivity contribution in [2.45, 2.75) is 31.9 Å². The number of hydrogen-bond donors (Lipinski definition) is 2. The van der Waals surface area contributed by atoms with Gasteiger partial charge in [-0.2, -0.15) is 8.78 Å². The standard InChI is InChI=1S/C14H17F2N3O2S/c15-13(16)21-10-6-4-9(5-7-10)18-14(22)19-8-2-1-3-11(19)12(17)20/h4-7,11,13H,1-3,8H2,(H2,17,20)(H,18,22). The summed E-state index contributed by atoms with van der Waals surface area (Å²) in [5.74, 6) is -0.330. The normalized spacial score (nSPS) is 18.1. The molecule has 1 heterocycles. The number of nitrogens with two attached hydrogens (primary N) is 1. The van der Waals surface area contributed by atoms with Crippen LogP contribution in [0.4, 0.5) is 14.5 Å². The third-order valence-electron chi connectivity index (χ3n) is 3.42. The molecule has 3 N–H and O–H groups in total. The van der Waals surface area contributed by atoms with Crippen molar-refractivity contribution in [2.24, 2.45) is 5.73 Å². The van der Waals surface area contributed by atoms with E-state index in [0.29, 0.717) is 23.8 Å². The van der Waals surface area contributed by atoms with Gasteiger partial charge in [-0.15, -0.1) is 0 Å². The molecule has 1 saturated heterocycles. The number of ether oxygens (including phenoxy) is 1. The van der Waals surface area contributed by atoms with Gasteiger partial charge in [-0.25, -0.2) is 0 Å². The summed E-state index contributed by atoms with van der Waals surface area (Å²) in [6.45, 7) is -2.20. The van der Waals surface area contributed by atoms with Gasteiger partial charge in [-0.1, -0.05) is 0 Å². The Bertz CT molecular complexity index is 539. The van der Waals surface area contributed by atoms with Gasteiger partial charge < -0.3 is 20.7 Å². The Morgan fingerprint density at radius 3 is 2.64 bits per heavy atom. The molecule has 8 heteroatoms. The third-order valence-corrected chi connectivity index (χ3v) is 3.76. The number of hydrogen-bond acceptors (Lipinski definition) is 3. The molecule has 1 fully saturated rings. The summed E-state index contributed by atoms with van der Waals surface area (Å²) < 4.78 is 28.4. The first-order valence-corrected chi connectivity index (χ1v) is 7.30. The van der Waals surface area contributed by atoms with Crippen molar-refractivity contribution in [3.8, 4) is 5.75 Å². The van der Waals surface area contributed by atoms with Crippen molar-refractivity contribution < 1.29 is 18.3 Å². The largest absolute Gasteiger partial charge is 0.435 e. The van der Waals surface area contributed by atoms with Crippen LogP contribution in [0.3, 0.4) is 0 Å². The van der Waals surface area contributed by atoms with Crippen molar-refractivity contribution in [2.75, 3.05) is 11.9 Å². The van der Waals surface area contributed by atoms with E-state index < -0.39 is 18.6 Å². The van der Waals surface area contributed by atoms with Crippen LogP contribution < -0.4 is 15.8 Å². The smallest absolute Gasteiger partial charge is 0.387 e. The van der Waals surface area contributed by atoms with Gasteiger partial charge in [0, 0.05) is 12.2 Å². The van der Waals surface area contributed by atoms with Gasteiger partial charge in [0.15, 0.2) is 5.11 Å². The molecule has 0 bridgehead atoms. The molecule has 120 valence electrons. The van der Waals surface area contributed by atoms with E-state index >= 15 is 0 Å². The molecular weight excluding hydrogens is 312 g/mol. The highest BCUT2D eigenvalue weighted by Gasteiger charge is 2.28. The maximum absolute atomic E-state index is 12.1. The molecule has 1 aliphatic heterocycles. The Labute approximate surface area is 132 Å². The molecule has 5 nitrogen and oxygen atoms in total. The summed E-state index contributed by atoms with van der Waals surface area (Å²) in [7, 11) is 0. The number of thiocarbonyl (C=S) groups is 1. The predicted molar refractivity (Wildman–Crippen MR) is 82.8 cm³/mol. The lowest BCUT2D eigenvalue weighted by Crippen LogP contribution is -2.51. The van der Waals surface area contributed by atoms with Crippen molar-refractivity contribution in [3.05, 3.63) is 24.3 Å². The van der Waals surface area contributed by atoms with Crippen LogP contribution in [-0.2, 0) is 4.79 Å². The van der Waals surface area contributed by atoms with Gasteiger partial charge in [-0.05, 0) is 55.7 Å². The van der Waals surface area contributed by atoms with E-state index in [4.69, 9.17) is 18.0 Å². The number of halogens is 2. The zero-order chi connectivity index (χ0) is 16.1. The number of alkyl halides is 2. The number of nitrogens with zero attached hydrogens (tertiary/aromatic N) is 1. The topological polar surface area (TPSA) is 67.6 Å². The molecule has 2 rings (SSSR count). The Kier molecular flexibility index (Phi) is 5.48. The van der Waals surface area contributed by atoms with E-state index in [9.17, 15) is 13.6 Å². The fraction of sp³-hybridized carbons (Fsp3) is 0.429. The number of benzene rings is 1. The Morgan fingerprint density at radius 1 is 1.36 bits per heavy atom. The Morgan fingerprint density at radius 2 is 2.05 bits per heavy atom. The fourth-order valence-corrected chi connectivity index (χ4v) is 2.72. The quantitative estimate of drug-likeness (QED) is 0.830. The second kappa shape index (κ2) is 7.35. The minimum Gasteiger partial charge on any atom is -0.435 e. The lowest BCUT2D eigenvalue weighted by atomic mass is 10.0. The summed E-state index contributed by atoms with van der Waals surface area (Å²) >= 11 is 5.31. The highest BCUT2D eigenvalue weighted by atomic mass is 32.1. The van der Waals surface area contributed by atoms with Crippen LogP contribution in [-0.4, -0.2) is 35.1 Å². The molecule has 0 saturated carbocycles. The number of likely N-dealkylation sites (tertiary alicyclic amines) is 1. The van der Waals surface area contributed by atoms with Crippen LogP contribution in [0.2, 0.25) is 0 Å². The zero-order valence-corrected chi connectivity index (χ0v) is 12.6. The van der Waals surface area contributed by atoms with E-state index in [-0.39, 0.29) is 5.75 Å². The first-order chi connectivity index (χ1) is 10.5. The minimum absolute atomic E-state index is 0.0689. The van der Waals surface area contributed by atoms with Crippen molar-refractivity contribution in [3.63, 3.8) is 0 Å². The second-order valence-corrected chi connectivity index (χ2v) is 5.33. The van der Waals surface area contributed by atoms with E-state index in [1.165, 1.54) is 12.1 Å². The zero-order valence-electron chi connectivity index (χ0n) is 11.8. The maximum Gasteiger partial charge on any atom is 0.387 e. The van der Waals surface area contributed by atoms with Gasteiger partial charge in [0.05, 0.1) is 0 Å². The lowest BCUT2D eigenvalue weighted by Gasteiger charge is -2.35. The Balaban J connectivity index is 1.99. The van der Waals surface area contributed by atoms with Crippen LogP contribution >= 0.6 is 12.2 Å². The van der Waals surface area contributed by atoms with Crippen molar-refractivity contribution >= 4 is 28.9 Å². The molecule has 0 aromatic heterocycles. The monoisotopic (exact) mass is 329 g/mol. The first kappa shape index (κ1) is 16.4. The number of rotatable bonds is 4. The van der Waals surface area contributed by atoms with Gasteiger partial charge in [0.25, 0.3) is 0 Å². The predicted octanol–water partition coefficient (Wildman–Crippen LogP) is 2.32. The highest BCUT2D eigenvalue weighted by Crippen LogP contribution is 2.21. The second-order valence-electron chi connectivity index (χ2n) is 4.94. The summed E-state index contributed by atoms with van der Waals surface area (Å²) in [6.07, 6.45) is 2.55. The summed E-state index contributed by atoms with van der Waals surface area (Å²) in [5.41, 5.74) is 6.02. The molecule has 22 heavy (non-hydrogen) atoms. The van der Waals surface area contributed by atoms with Crippen LogP contribution in [0.1, 0.15) is 19.3 Å². The number of nitrogens with one attached hydrogen (secondary N) is 1. The van der Waals surface area contributed by atoms with Crippen LogP contribution in [0, 0.1) is 0 Å². The van der Waals surface area contributed by atoms with Crippen LogP contribution in [0.25, 0.3) is 0 Å². The van der Waals surface area contributed by atoms with Gasteiger partial charge in [-0.3, -0.25) is 4.79 Å². The van der Waals surface area contributed by atoms with Gasteiger partial charge in [0.2, 0.25) is 5.91 Å². The molecule has 0 spiro atoms. The van der Waals surface area contributed by atoms with Crippen LogP contribution in [0.5, 0.6) is 5.75 Å². The molecule has 1 aliphatic rings. The minimum atomic E-state index is -2.86. The molecule has 1 amide bonds. The van der Waals surface area contributed by atoms with E-state index in [0.717, 1.165) is 12.8 Å². The molecule has 1 atom stereocenters. The van der Waals surface area contributed by atoms with Crippen LogP contribution in [0.15, 0.2) is 24.3 Å². The summed E-state index contributed by atoms with van der Waals surface area (Å²) in [4.78, 5) is 13.2. The number of carbonyl (C=O) groups excluding carboxylic acids is 1. The van der Waals surface area contributed by atoms with Gasteiger partial charge >= 0.3 is 6.61 Å². The molecule has 0 radical (unpaired) electrons. The molecule has 1 unspecified atom stereocenters. The lowest BCUT2D eigenvalue weighted by molar-refractivity contribution is -0.122. The van der Waals surface area contributed by atoms with E-state index in [1.54, 1.807) is 17.0 Å². The molecule has 0 aliphatic carbocycles. The van der Waals surface area contributed by atoms with Gasteiger partial charge in [0.1, 0.15) is 11.8 Å².